The Morgan fingerprint density at radius 2 is 1.02 bits per heavy atom. The standard InChI is InChI=1S/C51H30N4OS/c1-3-12-31(13-4-1)33-22-25-37-36-16-7-9-20-43(36)55(44(37)29-33)35-24-27-46-42(30-35)41-28-34(23-26-45(41)56-46)50-52-49(32-14-5-2-6-15-32)53-51(54-50)40-19-11-18-39-38-17-8-10-21-47(38)57-48(39)40/h1-30H. The van der Waals surface area contributed by atoms with Gasteiger partial charge in [0.25, 0.3) is 0 Å². The smallest absolute Gasteiger partial charge is 0.165 e. The van der Waals surface area contributed by atoms with Gasteiger partial charge in [-0.15, -0.1) is 11.3 Å². The molecule has 5 nitrogen and oxygen atoms in total. The maximum atomic E-state index is 6.47. The van der Waals surface area contributed by atoms with E-state index in [-0.39, 0.29) is 0 Å². The molecular formula is C51H30N4OS. The first-order valence-corrected chi connectivity index (χ1v) is 19.8. The van der Waals surface area contributed by atoms with Crippen LogP contribution in [0.5, 0.6) is 0 Å². The molecule has 0 atom stereocenters. The Morgan fingerprint density at radius 3 is 1.86 bits per heavy atom. The van der Waals surface area contributed by atoms with E-state index >= 15 is 0 Å². The number of nitrogens with zero attached hydrogens (tertiary/aromatic N) is 4. The quantitative estimate of drug-likeness (QED) is 0.176. The number of thiophene rings is 1. The third kappa shape index (κ3) is 5.12. The number of rotatable bonds is 5. The molecule has 0 fully saturated rings. The van der Waals surface area contributed by atoms with Crippen molar-refractivity contribution in [2.45, 2.75) is 0 Å². The number of benzene rings is 8. The Labute approximate surface area is 330 Å². The van der Waals surface area contributed by atoms with E-state index in [1.807, 2.05) is 24.3 Å². The topological polar surface area (TPSA) is 56.7 Å². The highest BCUT2D eigenvalue weighted by Crippen LogP contribution is 2.41. The van der Waals surface area contributed by atoms with Gasteiger partial charge in [-0.2, -0.15) is 0 Å². The minimum Gasteiger partial charge on any atom is -0.456 e. The van der Waals surface area contributed by atoms with Crippen molar-refractivity contribution < 1.29 is 4.42 Å². The van der Waals surface area contributed by atoms with Gasteiger partial charge < -0.3 is 8.98 Å². The van der Waals surface area contributed by atoms with Crippen molar-refractivity contribution in [2.75, 3.05) is 0 Å². The molecule has 266 valence electrons. The molecule has 0 unspecified atom stereocenters. The zero-order valence-electron chi connectivity index (χ0n) is 30.4. The van der Waals surface area contributed by atoms with Crippen molar-refractivity contribution >= 4 is 75.3 Å². The van der Waals surface area contributed by atoms with Gasteiger partial charge in [-0.3, -0.25) is 0 Å². The summed E-state index contributed by atoms with van der Waals surface area (Å²) in [5.41, 5.74) is 10.2. The molecule has 12 aromatic rings. The van der Waals surface area contributed by atoms with Gasteiger partial charge in [-0.05, 0) is 71.8 Å². The van der Waals surface area contributed by atoms with Gasteiger partial charge in [0.1, 0.15) is 11.2 Å². The van der Waals surface area contributed by atoms with Crippen molar-refractivity contribution in [3.63, 3.8) is 0 Å². The summed E-state index contributed by atoms with van der Waals surface area (Å²) in [7, 11) is 0. The maximum absolute atomic E-state index is 6.47. The summed E-state index contributed by atoms with van der Waals surface area (Å²) in [5.74, 6) is 1.89. The summed E-state index contributed by atoms with van der Waals surface area (Å²) in [6.07, 6.45) is 0. The molecule has 0 saturated heterocycles. The fourth-order valence-corrected chi connectivity index (χ4v) is 9.58. The van der Waals surface area contributed by atoms with Crippen LogP contribution < -0.4 is 0 Å². The Balaban J connectivity index is 1.05. The SMILES string of the molecule is c1ccc(-c2ccc3c4ccccc4n(-c4ccc5oc6ccc(-c7nc(-c8ccccc8)nc(-c8cccc9c8sc8ccccc89)n7)cc6c5c4)c3c2)cc1. The first-order valence-electron chi connectivity index (χ1n) is 19.0. The number of fused-ring (bicyclic) bond motifs is 9. The molecule has 0 aliphatic heterocycles. The van der Waals surface area contributed by atoms with E-state index in [0.29, 0.717) is 17.5 Å². The largest absolute Gasteiger partial charge is 0.456 e. The van der Waals surface area contributed by atoms with Crippen LogP contribution in [0, 0.1) is 0 Å². The minimum absolute atomic E-state index is 0.611. The predicted molar refractivity (Wildman–Crippen MR) is 236 cm³/mol. The van der Waals surface area contributed by atoms with Crippen LogP contribution in [0.2, 0.25) is 0 Å². The Morgan fingerprint density at radius 1 is 0.386 bits per heavy atom. The third-order valence-electron chi connectivity index (χ3n) is 11.1. The monoisotopic (exact) mass is 746 g/mol. The zero-order chi connectivity index (χ0) is 37.5. The van der Waals surface area contributed by atoms with Crippen LogP contribution in [-0.4, -0.2) is 19.5 Å². The molecule has 0 aliphatic carbocycles. The Bertz CT molecular complexity index is 3530. The zero-order valence-corrected chi connectivity index (χ0v) is 31.2. The number of aromatic nitrogens is 4. The van der Waals surface area contributed by atoms with Gasteiger partial charge in [0.2, 0.25) is 0 Å². The van der Waals surface area contributed by atoms with Crippen molar-refractivity contribution in [3.05, 3.63) is 182 Å². The highest BCUT2D eigenvalue weighted by atomic mass is 32.1. The molecule has 0 radical (unpaired) electrons. The van der Waals surface area contributed by atoms with Crippen molar-refractivity contribution in [1.29, 1.82) is 0 Å². The van der Waals surface area contributed by atoms with Crippen LogP contribution in [0.25, 0.3) is 115 Å². The maximum Gasteiger partial charge on any atom is 0.165 e. The molecule has 0 saturated carbocycles. The van der Waals surface area contributed by atoms with Gasteiger partial charge >= 0.3 is 0 Å². The third-order valence-corrected chi connectivity index (χ3v) is 12.3. The number of hydrogen-bond donors (Lipinski definition) is 0. The van der Waals surface area contributed by atoms with E-state index < -0.39 is 0 Å². The summed E-state index contributed by atoms with van der Waals surface area (Å²) < 4.78 is 11.3. The fraction of sp³-hybridized carbons (Fsp3) is 0. The normalized spacial score (nSPS) is 11.9. The summed E-state index contributed by atoms with van der Waals surface area (Å²) in [6, 6.07) is 63.9. The van der Waals surface area contributed by atoms with Gasteiger partial charge in [0, 0.05) is 64.1 Å². The van der Waals surface area contributed by atoms with E-state index in [9.17, 15) is 0 Å². The van der Waals surface area contributed by atoms with E-state index in [0.717, 1.165) is 55.3 Å². The Kier molecular flexibility index (Phi) is 7.03. The van der Waals surface area contributed by atoms with Crippen LogP contribution in [0.15, 0.2) is 186 Å². The van der Waals surface area contributed by atoms with Crippen molar-refractivity contribution in [3.8, 4) is 51.0 Å². The lowest BCUT2D eigenvalue weighted by molar-refractivity contribution is 0.669. The predicted octanol–water partition coefficient (Wildman–Crippen LogP) is 13.9. The van der Waals surface area contributed by atoms with E-state index in [1.54, 1.807) is 11.3 Å². The van der Waals surface area contributed by atoms with E-state index in [2.05, 4.69) is 162 Å². The van der Waals surface area contributed by atoms with Gasteiger partial charge in [-0.25, -0.2) is 15.0 Å². The van der Waals surface area contributed by atoms with Crippen LogP contribution in [0.4, 0.5) is 0 Å². The lowest BCUT2D eigenvalue weighted by atomic mass is 10.0. The molecule has 0 spiro atoms. The lowest BCUT2D eigenvalue weighted by Crippen LogP contribution is -2.00. The number of hydrogen-bond acceptors (Lipinski definition) is 5. The summed E-state index contributed by atoms with van der Waals surface area (Å²) in [4.78, 5) is 15.4. The molecule has 0 amide bonds. The molecule has 6 heteroatoms. The van der Waals surface area contributed by atoms with Gasteiger partial charge in [-0.1, -0.05) is 121 Å². The van der Waals surface area contributed by atoms with Crippen LogP contribution >= 0.6 is 11.3 Å². The fourth-order valence-electron chi connectivity index (χ4n) is 8.37. The van der Waals surface area contributed by atoms with Gasteiger partial charge in [0.05, 0.1) is 11.0 Å². The second-order valence-electron chi connectivity index (χ2n) is 14.4. The van der Waals surface area contributed by atoms with E-state index in [1.165, 1.54) is 42.1 Å². The summed E-state index contributed by atoms with van der Waals surface area (Å²) in [5, 5.41) is 6.92. The van der Waals surface area contributed by atoms with Crippen molar-refractivity contribution in [2.24, 2.45) is 0 Å². The molecule has 0 N–H and O–H groups in total. The second kappa shape index (κ2) is 12.6. The molecule has 12 rings (SSSR count). The Hall–Kier alpha value is -7.41. The second-order valence-corrected chi connectivity index (χ2v) is 15.4. The average molecular weight is 747 g/mol. The van der Waals surface area contributed by atoms with Crippen LogP contribution in [0.1, 0.15) is 0 Å². The molecular weight excluding hydrogens is 717 g/mol. The summed E-state index contributed by atoms with van der Waals surface area (Å²) in [6.45, 7) is 0. The first kappa shape index (κ1) is 31.9. The van der Waals surface area contributed by atoms with Crippen LogP contribution in [0.3, 0.4) is 0 Å². The van der Waals surface area contributed by atoms with Crippen molar-refractivity contribution in [1.82, 2.24) is 19.5 Å². The summed E-state index contributed by atoms with van der Waals surface area (Å²) >= 11 is 1.78. The molecule has 57 heavy (non-hydrogen) atoms. The molecule has 4 heterocycles. The molecule has 0 bridgehead atoms. The van der Waals surface area contributed by atoms with E-state index in [4.69, 9.17) is 19.4 Å². The lowest BCUT2D eigenvalue weighted by Gasteiger charge is -2.10. The highest BCUT2D eigenvalue weighted by Gasteiger charge is 2.19. The number of para-hydroxylation sites is 1. The highest BCUT2D eigenvalue weighted by molar-refractivity contribution is 7.26. The average Bonchev–Trinajstić information content (AvgIpc) is 3.95. The minimum atomic E-state index is 0.611. The molecule has 8 aromatic carbocycles. The van der Waals surface area contributed by atoms with Crippen LogP contribution in [-0.2, 0) is 0 Å². The van der Waals surface area contributed by atoms with Gasteiger partial charge in [0.15, 0.2) is 17.5 Å². The first-order chi connectivity index (χ1) is 28.2. The molecule has 4 aromatic heterocycles. The molecule has 0 aliphatic rings. The number of furan rings is 1.